The van der Waals surface area contributed by atoms with Crippen molar-refractivity contribution in [2.75, 3.05) is 6.54 Å². The van der Waals surface area contributed by atoms with E-state index in [0.29, 0.717) is 0 Å². The summed E-state index contributed by atoms with van der Waals surface area (Å²) in [7, 11) is 0. The first kappa shape index (κ1) is 15.1. The van der Waals surface area contributed by atoms with Crippen molar-refractivity contribution in [1.29, 1.82) is 0 Å². The zero-order chi connectivity index (χ0) is 16.4. The van der Waals surface area contributed by atoms with Gasteiger partial charge in [-0.05, 0) is 48.2 Å². The zero-order valence-corrected chi connectivity index (χ0v) is 13.5. The monoisotopic (exact) mass is 321 g/mol. The maximum Gasteiger partial charge on any atom is 0.123 e. The molecular formula is C20H20FN3. The predicted molar refractivity (Wildman–Crippen MR) is 93.2 cm³/mol. The molecular weight excluding hydrogens is 301 g/mol. The Hall–Kier alpha value is -2.46. The van der Waals surface area contributed by atoms with Crippen LogP contribution in [0.5, 0.6) is 0 Å². The number of hydrogen-bond acceptors (Lipinski definition) is 2. The van der Waals surface area contributed by atoms with E-state index in [1.807, 2.05) is 24.7 Å². The second kappa shape index (κ2) is 6.57. The number of nitrogens with zero attached hydrogens (tertiary/aromatic N) is 2. The summed E-state index contributed by atoms with van der Waals surface area (Å²) < 4.78 is 15.2. The summed E-state index contributed by atoms with van der Waals surface area (Å²) in [5.74, 6) is -0.189. The molecule has 2 heterocycles. The molecule has 0 amide bonds. The van der Waals surface area contributed by atoms with Gasteiger partial charge in [0.05, 0.1) is 18.2 Å². The van der Waals surface area contributed by atoms with Gasteiger partial charge in [0.1, 0.15) is 5.82 Å². The van der Waals surface area contributed by atoms with Crippen LogP contribution in [-0.4, -0.2) is 16.1 Å². The third-order valence-electron chi connectivity index (χ3n) is 4.69. The van der Waals surface area contributed by atoms with Crippen molar-refractivity contribution >= 4 is 0 Å². The Bertz CT molecular complexity index is 836. The average molecular weight is 321 g/mol. The zero-order valence-electron chi connectivity index (χ0n) is 13.5. The Morgan fingerprint density at radius 2 is 2.00 bits per heavy atom. The molecule has 4 heteroatoms. The van der Waals surface area contributed by atoms with Gasteiger partial charge in [-0.15, -0.1) is 0 Å². The molecule has 0 aliphatic carbocycles. The third-order valence-corrected chi connectivity index (χ3v) is 4.69. The molecule has 122 valence electrons. The first-order valence-electron chi connectivity index (χ1n) is 8.38. The van der Waals surface area contributed by atoms with E-state index in [4.69, 9.17) is 0 Å². The van der Waals surface area contributed by atoms with E-state index in [1.54, 1.807) is 0 Å². The predicted octanol–water partition coefficient (Wildman–Crippen LogP) is 3.58. The van der Waals surface area contributed by atoms with Crippen LogP contribution in [0, 0.1) is 5.82 Å². The SMILES string of the molecule is Fc1ccc(CCn2cncc2-c2cccc3c2CNCC3)cc1. The molecule has 3 nitrogen and oxygen atoms in total. The van der Waals surface area contributed by atoms with E-state index in [0.717, 1.165) is 43.7 Å². The quantitative estimate of drug-likeness (QED) is 0.796. The van der Waals surface area contributed by atoms with E-state index < -0.39 is 0 Å². The standard InChI is InChI=1S/C20H20FN3/c21-17-6-4-15(5-7-17)9-11-24-14-23-13-20(24)18-3-1-2-16-8-10-22-12-19(16)18/h1-7,13-14,22H,8-12H2. The first-order chi connectivity index (χ1) is 11.8. The Labute approximate surface area is 141 Å². The Kier molecular flexibility index (Phi) is 4.13. The van der Waals surface area contributed by atoms with Crippen molar-refractivity contribution in [3.8, 4) is 11.3 Å². The van der Waals surface area contributed by atoms with Gasteiger partial charge in [0, 0.05) is 18.7 Å². The van der Waals surface area contributed by atoms with Crippen molar-refractivity contribution in [1.82, 2.24) is 14.9 Å². The number of hydrogen-bond donors (Lipinski definition) is 1. The van der Waals surface area contributed by atoms with Crippen LogP contribution in [0.2, 0.25) is 0 Å². The van der Waals surface area contributed by atoms with E-state index in [1.165, 1.54) is 28.8 Å². The van der Waals surface area contributed by atoms with Gasteiger partial charge in [-0.3, -0.25) is 0 Å². The van der Waals surface area contributed by atoms with Gasteiger partial charge in [-0.2, -0.15) is 0 Å². The number of halogens is 1. The fourth-order valence-electron chi connectivity index (χ4n) is 3.38. The molecule has 1 N–H and O–H groups in total. The topological polar surface area (TPSA) is 29.9 Å². The molecule has 24 heavy (non-hydrogen) atoms. The van der Waals surface area contributed by atoms with Crippen LogP contribution in [0.4, 0.5) is 4.39 Å². The molecule has 3 aromatic rings. The minimum absolute atomic E-state index is 0.189. The van der Waals surface area contributed by atoms with Gasteiger partial charge in [0.25, 0.3) is 0 Å². The van der Waals surface area contributed by atoms with Gasteiger partial charge in [0.2, 0.25) is 0 Å². The van der Waals surface area contributed by atoms with Crippen molar-refractivity contribution in [2.45, 2.75) is 25.9 Å². The molecule has 0 fully saturated rings. The molecule has 0 spiro atoms. The number of aromatic nitrogens is 2. The van der Waals surface area contributed by atoms with Crippen molar-refractivity contribution in [3.63, 3.8) is 0 Å². The number of aryl methyl sites for hydroxylation is 2. The molecule has 4 rings (SSSR count). The highest BCUT2D eigenvalue weighted by molar-refractivity contribution is 5.66. The number of benzene rings is 2. The van der Waals surface area contributed by atoms with Crippen molar-refractivity contribution < 1.29 is 4.39 Å². The van der Waals surface area contributed by atoms with Crippen LogP contribution in [0.3, 0.4) is 0 Å². The fraction of sp³-hybridized carbons (Fsp3) is 0.250. The van der Waals surface area contributed by atoms with E-state index in [2.05, 4.69) is 33.1 Å². The Morgan fingerprint density at radius 1 is 1.12 bits per heavy atom. The lowest BCUT2D eigenvalue weighted by Gasteiger charge is -2.21. The maximum absolute atomic E-state index is 13.0. The lowest BCUT2D eigenvalue weighted by Crippen LogP contribution is -2.24. The smallest absolute Gasteiger partial charge is 0.123 e. The molecule has 0 saturated heterocycles. The minimum Gasteiger partial charge on any atom is -0.330 e. The van der Waals surface area contributed by atoms with Gasteiger partial charge < -0.3 is 9.88 Å². The first-order valence-corrected chi connectivity index (χ1v) is 8.38. The van der Waals surface area contributed by atoms with Crippen molar-refractivity contribution in [3.05, 3.63) is 77.5 Å². The lowest BCUT2D eigenvalue weighted by atomic mass is 9.94. The third kappa shape index (κ3) is 2.97. The summed E-state index contributed by atoms with van der Waals surface area (Å²) in [4.78, 5) is 4.36. The molecule has 1 aromatic heterocycles. The van der Waals surface area contributed by atoms with Crippen LogP contribution >= 0.6 is 0 Å². The normalized spacial score (nSPS) is 13.7. The summed E-state index contributed by atoms with van der Waals surface area (Å²) in [6, 6.07) is 13.3. The fourth-order valence-corrected chi connectivity index (χ4v) is 3.38. The van der Waals surface area contributed by atoms with Crippen LogP contribution in [0.15, 0.2) is 55.0 Å². The largest absolute Gasteiger partial charge is 0.330 e. The minimum atomic E-state index is -0.189. The molecule has 1 aliphatic rings. The highest BCUT2D eigenvalue weighted by Crippen LogP contribution is 2.28. The second-order valence-electron chi connectivity index (χ2n) is 6.22. The van der Waals surface area contributed by atoms with Crippen molar-refractivity contribution in [2.24, 2.45) is 0 Å². The summed E-state index contributed by atoms with van der Waals surface area (Å²) in [5, 5.41) is 3.46. The highest BCUT2D eigenvalue weighted by atomic mass is 19.1. The maximum atomic E-state index is 13.0. The average Bonchev–Trinajstić information content (AvgIpc) is 3.09. The highest BCUT2D eigenvalue weighted by Gasteiger charge is 2.16. The molecule has 2 aromatic carbocycles. The number of rotatable bonds is 4. The van der Waals surface area contributed by atoms with Crippen LogP contribution in [0.25, 0.3) is 11.3 Å². The number of fused-ring (bicyclic) bond motifs is 1. The van der Waals surface area contributed by atoms with Crippen LogP contribution < -0.4 is 5.32 Å². The summed E-state index contributed by atoms with van der Waals surface area (Å²) >= 11 is 0. The molecule has 0 saturated carbocycles. The Balaban J connectivity index is 1.60. The second-order valence-corrected chi connectivity index (χ2v) is 6.22. The molecule has 0 bridgehead atoms. The Morgan fingerprint density at radius 3 is 2.88 bits per heavy atom. The van der Waals surface area contributed by atoms with E-state index >= 15 is 0 Å². The van der Waals surface area contributed by atoms with Gasteiger partial charge in [-0.25, -0.2) is 9.37 Å². The summed E-state index contributed by atoms with van der Waals surface area (Å²) in [6.45, 7) is 2.78. The van der Waals surface area contributed by atoms with Crippen LogP contribution in [0.1, 0.15) is 16.7 Å². The lowest BCUT2D eigenvalue weighted by molar-refractivity contribution is 0.625. The molecule has 1 aliphatic heterocycles. The summed E-state index contributed by atoms with van der Waals surface area (Å²) in [6.07, 6.45) is 5.76. The molecule has 0 radical (unpaired) electrons. The van der Waals surface area contributed by atoms with Gasteiger partial charge >= 0.3 is 0 Å². The summed E-state index contributed by atoms with van der Waals surface area (Å²) in [5.41, 5.74) is 6.35. The molecule has 0 atom stereocenters. The molecule has 0 unspecified atom stereocenters. The number of imidazole rings is 1. The van der Waals surface area contributed by atoms with Gasteiger partial charge in [-0.1, -0.05) is 30.3 Å². The van der Waals surface area contributed by atoms with E-state index in [9.17, 15) is 4.39 Å². The van der Waals surface area contributed by atoms with E-state index in [-0.39, 0.29) is 5.82 Å². The van der Waals surface area contributed by atoms with Gasteiger partial charge in [0.15, 0.2) is 0 Å². The number of nitrogens with one attached hydrogen (secondary N) is 1. The van der Waals surface area contributed by atoms with Crippen LogP contribution in [-0.2, 0) is 25.9 Å².